The lowest BCUT2D eigenvalue weighted by Gasteiger charge is -2.11. The van der Waals surface area contributed by atoms with Crippen LogP contribution >= 0.6 is 0 Å². The highest BCUT2D eigenvalue weighted by Gasteiger charge is 2.14. The Hall–Kier alpha value is -3.34. The van der Waals surface area contributed by atoms with Crippen molar-refractivity contribution in [2.24, 2.45) is 0 Å². The summed E-state index contributed by atoms with van der Waals surface area (Å²) in [6.07, 6.45) is 1.39. The van der Waals surface area contributed by atoms with Gasteiger partial charge in [-0.1, -0.05) is 60.7 Å². The molecule has 0 bridgehead atoms. The van der Waals surface area contributed by atoms with E-state index in [9.17, 15) is 14.7 Å². The van der Waals surface area contributed by atoms with E-state index in [1.165, 1.54) is 10.8 Å². The van der Waals surface area contributed by atoms with Crippen molar-refractivity contribution in [1.82, 2.24) is 9.88 Å². The first-order valence-electron chi connectivity index (χ1n) is 7.93. The van der Waals surface area contributed by atoms with Gasteiger partial charge in [0.05, 0.1) is 12.1 Å². The molecule has 5 heteroatoms. The van der Waals surface area contributed by atoms with Crippen molar-refractivity contribution in [3.8, 4) is 5.75 Å². The molecule has 0 atom stereocenters. The molecule has 0 aliphatic carbocycles. The molecular formula is C20H18N2O3. The third-order valence-electron chi connectivity index (χ3n) is 3.84. The number of rotatable bonds is 5. The van der Waals surface area contributed by atoms with Gasteiger partial charge < -0.3 is 15.0 Å². The molecule has 2 aromatic carbocycles. The molecule has 0 aliphatic rings. The molecule has 0 unspecified atom stereocenters. The van der Waals surface area contributed by atoms with Crippen molar-refractivity contribution in [2.75, 3.05) is 0 Å². The number of nitrogens with zero attached hydrogens (tertiary/aromatic N) is 1. The number of aromatic hydroxyl groups is 1. The molecule has 5 nitrogen and oxygen atoms in total. The van der Waals surface area contributed by atoms with Crippen LogP contribution in [-0.2, 0) is 13.1 Å². The lowest BCUT2D eigenvalue weighted by molar-refractivity contribution is 0.0947. The zero-order valence-corrected chi connectivity index (χ0v) is 13.6. The average molecular weight is 334 g/mol. The zero-order chi connectivity index (χ0) is 17.6. The quantitative estimate of drug-likeness (QED) is 0.753. The summed E-state index contributed by atoms with van der Waals surface area (Å²) < 4.78 is 1.41. The second-order valence-corrected chi connectivity index (χ2v) is 5.69. The Balaban J connectivity index is 1.79. The van der Waals surface area contributed by atoms with Gasteiger partial charge in [0.15, 0.2) is 0 Å². The maximum Gasteiger partial charge on any atom is 0.256 e. The summed E-state index contributed by atoms with van der Waals surface area (Å²) in [6.45, 7) is 0.676. The van der Waals surface area contributed by atoms with Crippen LogP contribution in [-0.4, -0.2) is 15.6 Å². The number of hydrogen-bond donors (Lipinski definition) is 2. The van der Waals surface area contributed by atoms with Crippen LogP contribution < -0.4 is 10.9 Å². The molecule has 1 amide bonds. The van der Waals surface area contributed by atoms with Gasteiger partial charge in [-0.2, -0.15) is 0 Å². The van der Waals surface area contributed by atoms with E-state index in [4.69, 9.17) is 0 Å². The second kappa shape index (κ2) is 7.49. The first-order chi connectivity index (χ1) is 12.1. The molecule has 25 heavy (non-hydrogen) atoms. The van der Waals surface area contributed by atoms with E-state index in [-0.39, 0.29) is 16.9 Å². The minimum Gasteiger partial charge on any atom is -0.507 e. The zero-order valence-electron chi connectivity index (χ0n) is 13.6. The highest BCUT2D eigenvalue weighted by molar-refractivity contribution is 5.96. The number of nitrogens with one attached hydrogen (secondary N) is 1. The van der Waals surface area contributed by atoms with Crippen LogP contribution in [0.15, 0.2) is 77.7 Å². The molecule has 126 valence electrons. The second-order valence-electron chi connectivity index (χ2n) is 5.69. The van der Waals surface area contributed by atoms with Crippen LogP contribution in [0.4, 0.5) is 0 Å². The number of benzene rings is 2. The van der Waals surface area contributed by atoms with Crippen molar-refractivity contribution in [3.63, 3.8) is 0 Å². The number of carbonyl (C=O) groups is 1. The molecule has 3 aromatic rings. The predicted octanol–water partition coefficient (Wildman–Crippen LogP) is 2.53. The summed E-state index contributed by atoms with van der Waals surface area (Å²) >= 11 is 0. The lowest BCUT2D eigenvalue weighted by atomic mass is 10.2. The van der Waals surface area contributed by atoms with Gasteiger partial charge in [-0.25, -0.2) is 0 Å². The summed E-state index contributed by atoms with van der Waals surface area (Å²) in [5.74, 6) is -0.747. The molecule has 0 aliphatic heterocycles. The van der Waals surface area contributed by atoms with Gasteiger partial charge in [0.25, 0.3) is 11.5 Å². The smallest absolute Gasteiger partial charge is 0.256 e. The molecular weight excluding hydrogens is 316 g/mol. The van der Waals surface area contributed by atoms with Crippen LogP contribution in [0, 0.1) is 0 Å². The molecule has 0 fully saturated rings. The van der Waals surface area contributed by atoms with Gasteiger partial charge in [-0.3, -0.25) is 9.59 Å². The van der Waals surface area contributed by atoms with E-state index in [1.54, 1.807) is 0 Å². The summed E-state index contributed by atoms with van der Waals surface area (Å²) in [6, 6.07) is 20.0. The normalized spacial score (nSPS) is 10.4. The standard InChI is InChI=1S/C20H18N2O3/c23-18-11-19(24)22(13-16-9-5-2-6-10-16)14-17(18)20(25)21-12-15-7-3-1-4-8-15/h1-11,14,23H,12-13H2,(H,21,25). The van der Waals surface area contributed by atoms with Crippen LogP contribution in [0.1, 0.15) is 21.5 Å². The molecule has 0 spiro atoms. The molecule has 1 aromatic heterocycles. The Bertz CT molecular complexity index is 919. The number of hydrogen-bond acceptors (Lipinski definition) is 3. The fourth-order valence-corrected chi connectivity index (χ4v) is 2.52. The van der Waals surface area contributed by atoms with Gasteiger partial charge in [-0.15, -0.1) is 0 Å². The minimum atomic E-state index is -0.428. The van der Waals surface area contributed by atoms with E-state index >= 15 is 0 Å². The molecule has 3 rings (SSSR count). The minimum absolute atomic E-state index is 0.0754. The Morgan fingerprint density at radius 1 is 0.960 bits per heavy atom. The summed E-state index contributed by atoms with van der Waals surface area (Å²) in [4.78, 5) is 24.4. The van der Waals surface area contributed by atoms with Crippen molar-refractivity contribution < 1.29 is 9.90 Å². The molecule has 0 saturated carbocycles. The van der Waals surface area contributed by atoms with Crippen LogP contribution in [0.3, 0.4) is 0 Å². The fraction of sp³-hybridized carbons (Fsp3) is 0.100. The number of amides is 1. The van der Waals surface area contributed by atoms with Gasteiger partial charge in [-0.05, 0) is 11.1 Å². The maximum absolute atomic E-state index is 12.4. The third kappa shape index (κ3) is 4.14. The first kappa shape index (κ1) is 16.5. The van der Waals surface area contributed by atoms with E-state index in [1.807, 2.05) is 60.7 Å². The molecule has 0 radical (unpaired) electrons. The Kier molecular flexibility index (Phi) is 4.95. The summed E-state index contributed by atoms with van der Waals surface area (Å²) in [5, 5.41) is 12.7. The number of pyridine rings is 1. The Morgan fingerprint density at radius 2 is 1.56 bits per heavy atom. The van der Waals surface area contributed by atoms with E-state index < -0.39 is 5.91 Å². The SMILES string of the molecule is O=C(NCc1ccccc1)c1cn(Cc2ccccc2)c(=O)cc1O. The van der Waals surface area contributed by atoms with Crippen molar-refractivity contribution in [2.45, 2.75) is 13.1 Å². The topological polar surface area (TPSA) is 71.3 Å². The van der Waals surface area contributed by atoms with Crippen LogP contribution in [0.5, 0.6) is 5.75 Å². The Morgan fingerprint density at radius 3 is 2.20 bits per heavy atom. The molecule has 1 heterocycles. The van der Waals surface area contributed by atoms with Gasteiger partial charge >= 0.3 is 0 Å². The molecule has 0 saturated heterocycles. The highest BCUT2D eigenvalue weighted by Crippen LogP contribution is 2.14. The van der Waals surface area contributed by atoms with Crippen molar-refractivity contribution in [1.29, 1.82) is 0 Å². The maximum atomic E-state index is 12.4. The Labute approximate surface area is 145 Å². The number of carbonyl (C=O) groups excluding carboxylic acids is 1. The number of aromatic nitrogens is 1. The van der Waals surface area contributed by atoms with E-state index in [0.29, 0.717) is 13.1 Å². The van der Waals surface area contributed by atoms with E-state index in [0.717, 1.165) is 17.2 Å². The van der Waals surface area contributed by atoms with Crippen molar-refractivity contribution >= 4 is 5.91 Å². The average Bonchev–Trinajstić information content (AvgIpc) is 2.64. The molecule has 2 N–H and O–H groups in total. The van der Waals surface area contributed by atoms with Crippen molar-refractivity contribution in [3.05, 3.63) is 100.0 Å². The van der Waals surface area contributed by atoms with Gasteiger partial charge in [0.2, 0.25) is 0 Å². The largest absolute Gasteiger partial charge is 0.507 e. The van der Waals surface area contributed by atoms with Gasteiger partial charge in [0, 0.05) is 18.8 Å². The summed E-state index contributed by atoms with van der Waals surface area (Å²) in [5.41, 5.74) is 1.60. The first-order valence-corrected chi connectivity index (χ1v) is 7.93. The van der Waals surface area contributed by atoms with Gasteiger partial charge in [0.1, 0.15) is 5.75 Å². The highest BCUT2D eigenvalue weighted by atomic mass is 16.3. The lowest BCUT2D eigenvalue weighted by Crippen LogP contribution is -2.26. The monoisotopic (exact) mass is 334 g/mol. The third-order valence-corrected chi connectivity index (χ3v) is 3.84. The van der Waals surface area contributed by atoms with E-state index in [2.05, 4.69) is 5.32 Å². The predicted molar refractivity (Wildman–Crippen MR) is 95.5 cm³/mol. The fourth-order valence-electron chi connectivity index (χ4n) is 2.52. The van der Waals surface area contributed by atoms with Crippen LogP contribution in [0.25, 0.3) is 0 Å². The van der Waals surface area contributed by atoms with Crippen LogP contribution in [0.2, 0.25) is 0 Å². The summed E-state index contributed by atoms with van der Waals surface area (Å²) in [7, 11) is 0.